The van der Waals surface area contributed by atoms with Gasteiger partial charge in [-0.05, 0) is 24.2 Å². The van der Waals surface area contributed by atoms with Crippen molar-refractivity contribution in [3.63, 3.8) is 0 Å². The topological polar surface area (TPSA) is 123 Å². The molecule has 0 saturated heterocycles. The van der Waals surface area contributed by atoms with E-state index < -0.39 is 16.1 Å². The van der Waals surface area contributed by atoms with Gasteiger partial charge in [-0.3, -0.25) is 10.1 Å². The second-order valence-corrected chi connectivity index (χ2v) is 23.8. The minimum absolute atomic E-state index is 0.0849. The van der Waals surface area contributed by atoms with Crippen LogP contribution >= 0.6 is 0 Å². The molecular formula is C30H44N6O4Si2. The van der Waals surface area contributed by atoms with E-state index in [0.29, 0.717) is 19.0 Å². The first-order valence-electron chi connectivity index (χ1n) is 14.1. The zero-order valence-corrected chi connectivity index (χ0v) is 27.6. The summed E-state index contributed by atoms with van der Waals surface area (Å²) in [6.45, 7) is 16.3. The minimum atomic E-state index is -1.09. The molecule has 0 saturated carbocycles. The Morgan fingerprint density at radius 3 is 1.69 bits per heavy atom. The highest BCUT2D eigenvalue weighted by Gasteiger charge is 2.16. The van der Waals surface area contributed by atoms with Gasteiger partial charge in [-0.2, -0.15) is 10.2 Å². The number of rotatable bonds is 13. The van der Waals surface area contributed by atoms with Gasteiger partial charge in [0.2, 0.25) is 0 Å². The molecule has 2 aromatic carbocycles. The Balaban J connectivity index is 0.000000231. The predicted molar refractivity (Wildman–Crippen MR) is 175 cm³/mol. The molecule has 0 bridgehead atoms. The second kappa shape index (κ2) is 15.0. The Bertz CT molecular complexity index is 1430. The van der Waals surface area contributed by atoms with E-state index in [9.17, 15) is 10.1 Å². The number of nitro groups is 1. The summed E-state index contributed by atoms with van der Waals surface area (Å²) in [5.41, 5.74) is 10.2. The third-order valence-corrected chi connectivity index (χ3v) is 9.80. The van der Waals surface area contributed by atoms with Crippen LogP contribution in [0.15, 0.2) is 73.3 Å². The van der Waals surface area contributed by atoms with Crippen molar-refractivity contribution in [1.29, 1.82) is 0 Å². The number of hydrogen-bond donors (Lipinski definition) is 1. The van der Waals surface area contributed by atoms with Crippen LogP contribution in [0.1, 0.15) is 0 Å². The first kappa shape index (κ1) is 32.9. The van der Waals surface area contributed by atoms with Crippen molar-refractivity contribution >= 4 is 27.5 Å². The lowest BCUT2D eigenvalue weighted by molar-refractivity contribution is -0.384. The Labute approximate surface area is 250 Å². The minimum Gasteiger partial charge on any atom is -0.398 e. The number of hydrogen-bond acceptors (Lipinski definition) is 7. The van der Waals surface area contributed by atoms with Crippen LogP contribution in [0.4, 0.5) is 11.4 Å². The molecule has 0 radical (unpaired) electrons. The molecule has 0 fully saturated rings. The number of nitro benzene ring substituents is 1. The number of benzene rings is 2. The summed E-state index contributed by atoms with van der Waals surface area (Å²) in [6, 6.07) is 16.8. The zero-order valence-electron chi connectivity index (χ0n) is 25.6. The van der Waals surface area contributed by atoms with Crippen molar-refractivity contribution in [1.82, 2.24) is 19.6 Å². The number of anilines is 1. The zero-order chi connectivity index (χ0) is 30.8. The lowest BCUT2D eigenvalue weighted by Crippen LogP contribution is -2.22. The fraction of sp³-hybridized carbons (Fsp3) is 0.400. The Morgan fingerprint density at radius 1 is 0.762 bits per heavy atom. The van der Waals surface area contributed by atoms with Gasteiger partial charge in [0, 0.05) is 70.2 Å². The predicted octanol–water partition coefficient (Wildman–Crippen LogP) is 7.22. The smallest absolute Gasteiger partial charge is 0.277 e. The number of ether oxygens (including phenoxy) is 2. The van der Waals surface area contributed by atoms with Crippen molar-refractivity contribution in [3.8, 4) is 22.3 Å². The molecule has 0 atom stereocenters. The Morgan fingerprint density at radius 2 is 1.21 bits per heavy atom. The molecule has 0 aliphatic carbocycles. The van der Waals surface area contributed by atoms with Gasteiger partial charge in [-0.15, -0.1) is 0 Å². The molecule has 0 spiro atoms. The summed E-state index contributed by atoms with van der Waals surface area (Å²) in [6.07, 6.45) is 7.20. The molecule has 2 aromatic heterocycles. The van der Waals surface area contributed by atoms with Gasteiger partial charge in [0.25, 0.3) is 5.69 Å². The number of nitrogen functional groups attached to an aromatic ring is 1. The Kier molecular flexibility index (Phi) is 11.8. The van der Waals surface area contributed by atoms with Crippen LogP contribution in [0.25, 0.3) is 22.3 Å². The van der Waals surface area contributed by atoms with E-state index in [4.69, 9.17) is 15.2 Å². The van der Waals surface area contributed by atoms with Crippen molar-refractivity contribution < 1.29 is 14.4 Å². The van der Waals surface area contributed by atoms with Crippen LogP contribution in [0.3, 0.4) is 0 Å². The van der Waals surface area contributed by atoms with Crippen LogP contribution in [-0.2, 0) is 22.9 Å². The van der Waals surface area contributed by atoms with Crippen molar-refractivity contribution in [2.75, 3.05) is 18.9 Å². The molecule has 2 N–H and O–H groups in total. The fourth-order valence-electron chi connectivity index (χ4n) is 3.86. The van der Waals surface area contributed by atoms with Crippen LogP contribution in [0.5, 0.6) is 0 Å². The van der Waals surface area contributed by atoms with Gasteiger partial charge in [-0.25, -0.2) is 9.36 Å². The molecule has 12 heteroatoms. The number of aromatic nitrogens is 4. The molecule has 0 amide bonds. The maximum absolute atomic E-state index is 11.1. The van der Waals surface area contributed by atoms with E-state index in [1.165, 1.54) is 12.1 Å². The Hall–Kier alpha value is -3.59. The first-order chi connectivity index (χ1) is 19.8. The third-order valence-electron chi connectivity index (χ3n) is 6.39. The largest absolute Gasteiger partial charge is 0.398 e. The molecule has 0 aliphatic rings. The van der Waals surface area contributed by atoms with Gasteiger partial charge in [0.15, 0.2) is 0 Å². The van der Waals surface area contributed by atoms with Crippen molar-refractivity contribution in [3.05, 3.63) is 83.4 Å². The van der Waals surface area contributed by atoms with Gasteiger partial charge in [-0.1, -0.05) is 69.6 Å². The number of nitrogens with two attached hydrogens (primary N) is 1. The highest BCUT2D eigenvalue weighted by atomic mass is 28.3. The van der Waals surface area contributed by atoms with E-state index in [2.05, 4.69) is 49.5 Å². The van der Waals surface area contributed by atoms with E-state index >= 15 is 0 Å². The normalized spacial score (nSPS) is 11.7. The van der Waals surface area contributed by atoms with Crippen LogP contribution in [0.2, 0.25) is 51.4 Å². The average Bonchev–Trinajstić information content (AvgIpc) is 3.59. The number of para-hydroxylation sites is 2. The first-order valence-corrected chi connectivity index (χ1v) is 21.5. The molecule has 42 heavy (non-hydrogen) atoms. The molecule has 4 rings (SSSR count). The molecule has 4 aromatic rings. The standard InChI is InChI=1S/C15H21N3O3Si.C15H23N3OSi/c1-22(2,3)9-8-21-12-17-11-13(10-16-17)14-6-4-5-7-15(14)18(19)20;1-20(2,3)9-8-19-12-18-11-13(10-17-18)14-6-4-5-7-15(14)16/h4-7,10-11H,8-9,12H2,1-3H3;4-7,10-11H,8-9,12,16H2,1-3H3. The lowest BCUT2D eigenvalue weighted by Gasteiger charge is -2.15. The number of nitrogens with zero attached hydrogens (tertiary/aromatic N) is 5. The van der Waals surface area contributed by atoms with Gasteiger partial charge in [0.05, 0.1) is 22.9 Å². The van der Waals surface area contributed by atoms with Crippen LogP contribution in [-0.4, -0.2) is 53.8 Å². The second-order valence-electron chi connectivity index (χ2n) is 12.6. The molecule has 10 nitrogen and oxygen atoms in total. The quantitative estimate of drug-likeness (QED) is 0.0559. The van der Waals surface area contributed by atoms with Gasteiger partial charge < -0.3 is 15.2 Å². The van der Waals surface area contributed by atoms with Gasteiger partial charge in [0.1, 0.15) is 13.5 Å². The maximum Gasteiger partial charge on any atom is 0.277 e. The van der Waals surface area contributed by atoms with Crippen molar-refractivity contribution in [2.45, 2.75) is 64.8 Å². The summed E-state index contributed by atoms with van der Waals surface area (Å²) >= 11 is 0. The summed E-state index contributed by atoms with van der Waals surface area (Å²) in [5, 5.41) is 19.6. The highest BCUT2D eigenvalue weighted by Crippen LogP contribution is 2.29. The monoisotopic (exact) mass is 608 g/mol. The molecule has 0 unspecified atom stereocenters. The van der Waals surface area contributed by atoms with Crippen molar-refractivity contribution in [2.24, 2.45) is 0 Å². The van der Waals surface area contributed by atoms with E-state index in [-0.39, 0.29) is 10.6 Å². The van der Waals surface area contributed by atoms with Crippen LogP contribution < -0.4 is 5.73 Å². The summed E-state index contributed by atoms with van der Waals surface area (Å²) in [5.74, 6) is 0. The molecular weight excluding hydrogens is 565 g/mol. The highest BCUT2D eigenvalue weighted by molar-refractivity contribution is 6.76. The SMILES string of the molecule is C[Si](C)(C)CCOCn1cc(-c2ccccc2N)cn1.C[Si](C)(C)CCOCn1cc(-c2ccccc2[N+](=O)[O-])cn1. The molecule has 2 heterocycles. The van der Waals surface area contributed by atoms with Gasteiger partial charge >= 0.3 is 0 Å². The maximum atomic E-state index is 11.1. The summed E-state index contributed by atoms with van der Waals surface area (Å²) < 4.78 is 14.8. The summed E-state index contributed by atoms with van der Waals surface area (Å²) in [7, 11) is -2.11. The lowest BCUT2D eigenvalue weighted by atomic mass is 10.1. The fourth-order valence-corrected chi connectivity index (χ4v) is 5.37. The third kappa shape index (κ3) is 11.0. The average molecular weight is 609 g/mol. The van der Waals surface area contributed by atoms with E-state index in [1.807, 2.05) is 41.3 Å². The van der Waals surface area contributed by atoms with Crippen LogP contribution in [0, 0.1) is 10.1 Å². The van der Waals surface area contributed by atoms with E-state index in [1.54, 1.807) is 35.3 Å². The molecule has 226 valence electrons. The molecule has 0 aliphatic heterocycles. The van der Waals surface area contributed by atoms with E-state index in [0.717, 1.165) is 41.6 Å². The summed E-state index contributed by atoms with van der Waals surface area (Å²) in [4.78, 5) is 10.7.